The van der Waals surface area contributed by atoms with E-state index >= 15 is 0 Å². The molecule has 8 nitrogen and oxygen atoms in total. The normalized spacial score (nSPS) is 10.9. The molecule has 3 amide bonds. The second-order valence-electron chi connectivity index (χ2n) is 5.98. The van der Waals surface area contributed by atoms with Crippen LogP contribution in [-0.2, 0) is 14.4 Å². The van der Waals surface area contributed by atoms with Gasteiger partial charge in [-0.1, -0.05) is 24.3 Å². The second kappa shape index (κ2) is 10.2. The molecule has 0 atom stereocenters. The van der Waals surface area contributed by atoms with Crippen molar-refractivity contribution in [3.8, 4) is 6.07 Å². The average Bonchev–Trinajstić information content (AvgIpc) is 2.67. The Hall–Kier alpha value is -4.25. The second-order valence-corrected chi connectivity index (χ2v) is 5.98. The zero-order valence-corrected chi connectivity index (χ0v) is 15.9. The molecule has 0 bridgehead atoms. The first-order valence-corrected chi connectivity index (χ1v) is 8.58. The van der Waals surface area contributed by atoms with Crippen LogP contribution in [0.5, 0.6) is 0 Å². The third kappa shape index (κ3) is 7.11. The molecule has 8 heteroatoms. The summed E-state index contributed by atoms with van der Waals surface area (Å²) >= 11 is 0. The highest BCUT2D eigenvalue weighted by molar-refractivity contribution is 6.02. The minimum Gasteiger partial charge on any atom is -0.326 e. The van der Waals surface area contributed by atoms with E-state index in [4.69, 9.17) is 0 Å². The van der Waals surface area contributed by atoms with E-state index in [1.165, 1.54) is 26.1 Å². The molecule has 0 spiro atoms. The minimum absolute atomic E-state index is 0.115. The van der Waals surface area contributed by atoms with Gasteiger partial charge in [-0.25, -0.2) is 5.43 Å². The molecular weight excluding hydrogens is 370 g/mol. The summed E-state index contributed by atoms with van der Waals surface area (Å²) in [6.07, 6.45) is 2.84. The van der Waals surface area contributed by atoms with Crippen LogP contribution in [0, 0.1) is 11.3 Å². The Labute approximate surface area is 167 Å². The van der Waals surface area contributed by atoms with Gasteiger partial charge in [0.05, 0.1) is 6.21 Å². The van der Waals surface area contributed by atoms with Crippen molar-refractivity contribution in [1.29, 1.82) is 5.26 Å². The average molecular weight is 389 g/mol. The molecular formula is C21H19N5O3. The van der Waals surface area contributed by atoms with Crippen LogP contribution in [-0.4, -0.2) is 23.9 Å². The Kier molecular flexibility index (Phi) is 7.39. The molecule has 3 N–H and O–H groups in total. The highest BCUT2D eigenvalue weighted by atomic mass is 16.2. The standard InChI is InChI=1S/C21H19N5O3/c1-14(27)24-19-7-3-16(4-8-19)11-18(12-22)21(29)26-23-13-17-5-9-20(10-6-17)25-15(2)28/h3-11,13H,1-2H3,(H,24,27)(H,25,28)(H,26,29)/b18-11+,23-13-. The van der Waals surface area contributed by atoms with Crippen molar-refractivity contribution in [3.63, 3.8) is 0 Å². The lowest BCUT2D eigenvalue weighted by atomic mass is 10.1. The molecule has 29 heavy (non-hydrogen) atoms. The van der Waals surface area contributed by atoms with E-state index in [1.807, 2.05) is 6.07 Å². The van der Waals surface area contributed by atoms with Gasteiger partial charge in [-0.3, -0.25) is 14.4 Å². The Morgan fingerprint density at radius 1 is 0.862 bits per heavy atom. The van der Waals surface area contributed by atoms with Gasteiger partial charge in [0.1, 0.15) is 11.6 Å². The monoisotopic (exact) mass is 389 g/mol. The van der Waals surface area contributed by atoms with Gasteiger partial charge in [-0.15, -0.1) is 0 Å². The first-order chi connectivity index (χ1) is 13.9. The third-order valence-corrected chi connectivity index (χ3v) is 3.52. The lowest BCUT2D eigenvalue weighted by molar-refractivity contribution is -0.117. The highest BCUT2D eigenvalue weighted by Crippen LogP contribution is 2.13. The van der Waals surface area contributed by atoms with Gasteiger partial charge in [0, 0.05) is 25.2 Å². The van der Waals surface area contributed by atoms with E-state index in [0.29, 0.717) is 22.5 Å². The van der Waals surface area contributed by atoms with Crippen molar-refractivity contribution in [2.75, 3.05) is 10.6 Å². The highest BCUT2D eigenvalue weighted by Gasteiger charge is 2.08. The maximum Gasteiger partial charge on any atom is 0.282 e. The fourth-order valence-electron chi connectivity index (χ4n) is 2.26. The van der Waals surface area contributed by atoms with Crippen LogP contribution >= 0.6 is 0 Å². The molecule has 0 heterocycles. The van der Waals surface area contributed by atoms with Gasteiger partial charge in [-0.05, 0) is 41.5 Å². The zero-order valence-electron chi connectivity index (χ0n) is 15.9. The molecule has 0 saturated heterocycles. The first-order valence-electron chi connectivity index (χ1n) is 8.58. The topological polar surface area (TPSA) is 123 Å². The van der Waals surface area contributed by atoms with Crippen LogP contribution in [0.4, 0.5) is 11.4 Å². The Morgan fingerprint density at radius 3 is 1.79 bits per heavy atom. The van der Waals surface area contributed by atoms with Gasteiger partial charge in [0.25, 0.3) is 5.91 Å². The maximum atomic E-state index is 12.1. The Morgan fingerprint density at radius 2 is 1.34 bits per heavy atom. The largest absolute Gasteiger partial charge is 0.326 e. The summed E-state index contributed by atoms with van der Waals surface area (Å²) in [4.78, 5) is 34.2. The molecule has 146 valence electrons. The number of hydrogen-bond donors (Lipinski definition) is 3. The molecule has 0 fully saturated rings. The van der Waals surface area contributed by atoms with E-state index < -0.39 is 5.91 Å². The van der Waals surface area contributed by atoms with E-state index in [0.717, 1.165) is 0 Å². The SMILES string of the molecule is CC(=O)Nc1ccc(/C=N\NC(=O)/C(C#N)=C/c2ccc(NC(C)=O)cc2)cc1. The fourth-order valence-corrected chi connectivity index (χ4v) is 2.26. The zero-order chi connectivity index (χ0) is 21.2. The van der Waals surface area contributed by atoms with E-state index in [1.54, 1.807) is 48.5 Å². The van der Waals surface area contributed by atoms with Crippen LogP contribution in [0.3, 0.4) is 0 Å². The summed E-state index contributed by atoms with van der Waals surface area (Å²) in [5.74, 6) is -1.00. The number of carbonyl (C=O) groups is 3. The first kappa shape index (κ1) is 21.1. The number of rotatable bonds is 6. The smallest absolute Gasteiger partial charge is 0.282 e. The number of amides is 3. The molecule has 0 aromatic heterocycles. The number of nitriles is 1. The molecule has 0 aliphatic rings. The summed E-state index contributed by atoms with van der Waals surface area (Å²) < 4.78 is 0. The molecule has 2 aromatic carbocycles. The van der Waals surface area contributed by atoms with E-state index in [-0.39, 0.29) is 17.4 Å². The lowest BCUT2D eigenvalue weighted by Crippen LogP contribution is -2.19. The molecule has 0 aliphatic carbocycles. The van der Waals surface area contributed by atoms with E-state index in [9.17, 15) is 19.6 Å². The van der Waals surface area contributed by atoms with Crippen molar-refractivity contribution >= 4 is 41.4 Å². The summed E-state index contributed by atoms with van der Waals surface area (Å²) in [5, 5.41) is 18.3. The number of nitrogens with one attached hydrogen (secondary N) is 3. The Balaban J connectivity index is 1.99. The number of benzene rings is 2. The van der Waals surface area contributed by atoms with Gasteiger partial charge < -0.3 is 10.6 Å². The predicted octanol–water partition coefficient (Wildman–Crippen LogP) is 2.66. The predicted molar refractivity (Wildman–Crippen MR) is 111 cm³/mol. The van der Waals surface area contributed by atoms with Gasteiger partial charge in [0.15, 0.2) is 0 Å². The van der Waals surface area contributed by atoms with Crippen molar-refractivity contribution in [2.24, 2.45) is 5.10 Å². The van der Waals surface area contributed by atoms with E-state index in [2.05, 4.69) is 21.2 Å². The minimum atomic E-state index is -0.649. The third-order valence-electron chi connectivity index (χ3n) is 3.52. The van der Waals surface area contributed by atoms with Crippen molar-refractivity contribution < 1.29 is 14.4 Å². The van der Waals surface area contributed by atoms with Crippen LogP contribution in [0.25, 0.3) is 6.08 Å². The van der Waals surface area contributed by atoms with Crippen LogP contribution < -0.4 is 16.1 Å². The van der Waals surface area contributed by atoms with Crippen LogP contribution in [0.1, 0.15) is 25.0 Å². The summed E-state index contributed by atoms with van der Waals surface area (Å²) in [6, 6.07) is 15.4. The fraction of sp³-hybridized carbons (Fsp3) is 0.0952. The maximum absolute atomic E-state index is 12.1. The molecule has 2 rings (SSSR count). The number of nitrogens with zero attached hydrogens (tertiary/aromatic N) is 2. The van der Waals surface area contributed by atoms with Crippen molar-refractivity contribution in [3.05, 3.63) is 65.2 Å². The van der Waals surface area contributed by atoms with Gasteiger partial charge in [-0.2, -0.15) is 10.4 Å². The van der Waals surface area contributed by atoms with Crippen LogP contribution in [0.2, 0.25) is 0 Å². The summed E-state index contributed by atoms with van der Waals surface area (Å²) in [7, 11) is 0. The van der Waals surface area contributed by atoms with Gasteiger partial charge in [0.2, 0.25) is 11.8 Å². The van der Waals surface area contributed by atoms with Crippen LogP contribution in [0.15, 0.2) is 59.2 Å². The summed E-state index contributed by atoms with van der Waals surface area (Å²) in [6.45, 7) is 2.83. The quantitative estimate of drug-likeness (QED) is 0.304. The summed E-state index contributed by atoms with van der Waals surface area (Å²) in [5.41, 5.74) is 4.78. The number of hydrogen-bond acceptors (Lipinski definition) is 5. The number of hydrazone groups is 1. The molecule has 0 radical (unpaired) electrons. The molecule has 0 saturated carbocycles. The number of anilines is 2. The molecule has 0 unspecified atom stereocenters. The number of carbonyl (C=O) groups excluding carboxylic acids is 3. The molecule has 2 aromatic rings. The lowest BCUT2D eigenvalue weighted by Gasteiger charge is -2.03. The Bertz CT molecular complexity index is 1000. The van der Waals surface area contributed by atoms with Crippen molar-refractivity contribution in [2.45, 2.75) is 13.8 Å². The van der Waals surface area contributed by atoms with Crippen molar-refractivity contribution in [1.82, 2.24) is 5.43 Å². The van der Waals surface area contributed by atoms with Gasteiger partial charge >= 0.3 is 0 Å². The molecule has 0 aliphatic heterocycles.